The second kappa shape index (κ2) is 6.57. The Hall–Kier alpha value is -0.0900. The van der Waals surface area contributed by atoms with Gasteiger partial charge in [0.15, 0.2) is 0 Å². The van der Waals surface area contributed by atoms with Crippen molar-refractivity contribution in [1.29, 1.82) is 0 Å². The predicted octanol–water partition coefficient (Wildman–Crippen LogP) is 4.81. The standard InChI is InChI=1S/C15H21BrN2S/c16-8-12-9-17-14(18-15(12)11-6-7-11)10-19-13-4-2-1-3-5-13/h9,11,13H,1-8,10H2. The van der Waals surface area contributed by atoms with Crippen LogP contribution in [0.25, 0.3) is 0 Å². The average molecular weight is 341 g/mol. The summed E-state index contributed by atoms with van der Waals surface area (Å²) in [7, 11) is 0. The summed E-state index contributed by atoms with van der Waals surface area (Å²) in [4.78, 5) is 9.37. The van der Waals surface area contributed by atoms with Crippen LogP contribution in [0, 0.1) is 0 Å². The van der Waals surface area contributed by atoms with Gasteiger partial charge in [0.2, 0.25) is 0 Å². The Labute approximate surface area is 128 Å². The Morgan fingerprint density at radius 2 is 1.95 bits per heavy atom. The summed E-state index contributed by atoms with van der Waals surface area (Å²) < 4.78 is 0. The smallest absolute Gasteiger partial charge is 0.138 e. The first kappa shape index (κ1) is 13.9. The molecule has 0 spiro atoms. The topological polar surface area (TPSA) is 25.8 Å². The molecule has 0 atom stereocenters. The average Bonchev–Trinajstić information content (AvgIpc) is 3.30. The van der Waals surface area contributed by atoms with Crippen LogP contribution >= 0.6 is 27.7 Å². The molecule has 0 N–H and O–H groups in total. The van der Waals surface area contributed by atoms with Crippen LogP contribution in [0.2, 0.25) is 0 Å². The van der Waals surface area contributed by atoms with Crippen LogP contribution in [0.15, 0.2) is 6.20 Å². The van der Waals surface area contributed by atoms with Gasteiger partial charge in [0, 0.05) is 28.3 Å². The highest BCUT2D eigenvalue weighted by Gasteiger charge is 2.28. The molecule has 0 aromatic carbocycles. The molecule has 1 aromatic heterocycles. The summed E-state index contributed by atoms with van der Waals surface area (Å²) in [6.45, 7) is 0. The van der Waals surface area contributed by atoms with Crippen molar-refractivity contribution in [3.63, 3.8) is 0 Å². The molecule has 2 nitrogen and oxygen atoms in total. The van der Waals surface area contributed by atoms with Crippen molar-refractivity contribution in [3.05, 3.63) is 23.3 Å². The monoisotopic (exact) mass is 340 g/mol. The van der Waals surface area contributed by atoms with Crippen LogP contribution in [-0.2, 0) is 11.1 Å². The van der Waals surface area contributed by atoms with E-state index in [0.29, 0.717) is 5.92 Å². The van der Waals surface area contributed by atoms with Crippen LogP contribution in [0.5, 0.6) is 0 Å². The zero-order valence-corrected chi connectivity index (χ0v) is 13.7. The quantitative estimate of drug-likeness (QED) is 0.719. The molecule has 2 fully saturated rings. The largest absolute Gasteiger partial charge is 0.240 e. The molecular formula is C15H21BrN2S. The summed E-state index contributed by atoms with van der Waals surface area (Å²) in [5.74, 6) is 2.75. The number of hydrogen-bond donors (Lipinski definition) is 0. The lowest BCUT2D eigenvalue weighted by Crippen LogP contribution is -2.09. The molecule has 0 bridgehead atoms. The van der Waals surface area contributed by atoms with Gasteiger partial charge in [-0.2, -0.15) is 11.8 Å². The highest BCUT2D eigenvalue weighted by Crippen LogP contribution is 2.41. The fraction of sp³-hybridized carbons (Fsp3) is 0.733. The Kier molecular flexibility index (Phi) is 4.80. The van der Waals surface area contributed by atoms with Gasteiger partial charge >= 0.3 is 0 Å². The number of nitrogens with zero attached hydrogens (tertiary/aromatic N) is 2. The second-order valence-electron chi connectivity index (χ2n) is 5.68. The minimum atomic E-state index is 0.717. The SMILES string of the molecule is BrCc1cnc(CSC2CCCCC2)nc1C1CC1. The lowest BCUT2D eigenvalue weighted by atomic mass is 10.0. The van der Waals surface area contributed by atoms with E-state index in [9.17, 15) is 0 Å². The van der Waals surface area contributed by atoms with Gasteiger partial charge in [-0.3, -0.25) is 0 Å². The van der Waals surface area contributed by atoms with Gasteiger partial charge in [-0.15, -0.1) is 0 Å². The molecule has 0 amide bonds. The third kappa shape index (κ3) is 3.72. The first-order chi connectivity index (χ1) is 9.36. The van der Waals surface area contributed by atoms with E-state index >= 15 is 0 Å². The molecule has 2 saturated carbocycles. The zero-order valence-electron chi connectivity index (χ0n) is 11.3. The fourth-order valence-electron chi connectivity index (χ4n) is 2.77. The van der Waals surface area contributed by atoms with Crippen molar-refractivity contribution in [2.24, 2.45) is 0 Å². The van der Waals surface area contributed by atoms with E-state index in [0.717, 1.165) is 22.2 Å². The molecule has 2 aliphatic rings. The van der Waals surface area contributed by atoms with Gasteiger partial charge in [0.25, 0.3) is 0 Å². The van der Waals surface area contributed by atoms with Crippen LogP contribution in [0.1, 0.15) is 67.9 Å². The van der Waals surface area contributed by atoms with Gasteiger partial charge in [-0.25, -0.2) is 9.97 Å². The van der Waals surface area contributed by atoms with E-state index in [-0.39, 0.29) is 0 Å². The molecular weight excluding hydrogens is 320 g/mol. The highest BCUT2D eigenvalue weighted by atomic mass is 79.9. The van der Waals surface area contributed by atoms with E-state index in [1.165, 1.54) is 56.2 Å². The van der Waals surface area contributed by atoms with Gasteiger partial charge < -0.3 is 0 Å². The maximum Gasteiger partial charge on any atom is 0.138 e. The first-order valence-corrected chi connectivity index (χ1v) is 9.56. The number of hydrogen-bond acceptors (Lipinski definition) is 3. The highest BCUT2D eigenvalue weighted by molar-refractivity contribution is 9.08. The van der Waals surface area contributed by atoms with E-state index in [2.05, 4.69) is 32.7 Å². The van der Waals surface area contributed by atoms with Gasteiger partial charge in [0.1, 0.15) is 5.82 Å². The predicted molar refractivity (Wildman–Crippen MR) is 84.8 cm³/mol. The summed E-state index contributed by atoms with van der Waals surface area (Å²) in [6, 6.07) is 0. The number of rotatable bonds is 5. The summed E-state index contributed by atoms with van der Waals surface area (Å²) >= 11 is 5.61. The number of thioether (sulfide) groups is 1. The molecule has 1 aromatic rings. The Morgan fingerprint density at radius 3 is 2.63 bits per heavy atom. The molecule has 0 radical (unpaired) electrons. The maximum atomic E-state index is 4.83. The van der Waals surface area contributed by atoms with Crippen molar-refractivity contribution >= 4 is 27.7 Å². The fourth-order valence-corrected chi connectivity index (χ4v) is 4.39. The van der Waals surface area contributed by atoms with Crippen molar-refractivity contribution in [3.8, 4) is 0 Å². The lowest BCUT2D eigenvalue weighted by molar-refractivity contribution is 0.516. The molecule has 19 heavy (non-hydrogen) atoms. The van der Waals surface area contributed by atoms with Gasteiger partial charge in [0.05, 0.1) is 11.4 Å². The molecule has 1 heterocycles. The number of halogens is 1. The molecule has 104 valence electrons. The van der Waals surface area contributed by atoms with Crippen LogP contribution in [0.3, 0.4) is 0 Å². The van der Waals surface area contributed by atoms with Gasteiger partial charge in [-0.05, 0) is 25.7 Å². The summed E-state index contributed by atoms with van der Waals surface area (Å²) in [6.07, 6.45) is 11.7. The second-order valence-corrected chi connectivity index (χ2v) is 7.53. The Bertz CT molecular complexity index is 428. The van der Waals surface area contributed by atoms with Crippen molar-refractivity contribution in [2.45, 2.75) is 67.2 Å². The normalized spacial score (nSPS) is 20.7. The van der Waals surface area contributed by atoms with Crippen molar-refractivity contribution in [2.75, 3.05) is 0 Å². The third-order valence-electron chi connectivity index (χ3n) is 4.06. The van der Waals surface area contributed by atoms with Crippen LogP contribution < -0.4 is 0 Å². The van der Waals surface area contributed by atoms with E-state index < -0.39 is 0 Å². The van der Waals surface area contributed by atoms with E-state index in [4.69, 9.17) is 4.98 Å². The molecule has 0 saturated heterocycles. The maximum absolute atomic E-state index is 4.83. The summed E-state index contributed by atoms with van der Waals surface area (Å²) in [5.41, 5.74) is 2.60. The Balaban J connectivity index is 1.62. The Morgan fingerprint density at radius 1 is 1.16 bits per heavy atom. The molecule has 0 unspecified atom stereocenters. The van der Waals surface area contributed by atoms with Crippen molar-refractivity contribution < 1.29 is 0 Å². The van der Waals surface area contributed by atoms with E-state index in [1.807, 2.05) is 6.20 Å². The number of alkyl halides is 1. The zero-order chi connectivity index (χ0) is 13.1. The number of aromatic nitrogens is 2. The molecule has 0 aliphatic heterocycles. The van der Waals surface area contributed by atoms with Crippen molar-refractivity contribution in [1.82, 2.24) is 9.97 Å². The van der Waals surface area contributed by atoms with Crippen LogP contribution in [0.4, 0.5) is 0 Å². The van der Waals surface area contributed by atoms with Crippen LogP contribution in [-0.4, -0.2) is 15.2 Å². The molecule has 3 rings (SSSR count). The van der Waals surface area contributed by atoms with E-state index in [1.54, 1.807) is 0 Å². The molecule has 4 heteroatoms. The summed E-state index contributed by atoms with van der Waals surface area (Å²) in [5, 5.41) is 1.73. The first-order valence-electron chi connectivity index (χ1n) is 7.39. The lowest BCUT2D eigenvalue weighted by Gasteiger charge is -2.20. The minimum Gasteiger partial charge on any atom is -0.240 e. The third-order valence-corrected chi connectivity index (χ3v) is 6.03. The van der Waals surface area contributed by atoms with Gasteiger partial charge in [-0.1, -0.05) is 35.2 Å². The molecule has 2 aliphatic carbocycles. The minimum absolute atomic E-state index is 0.717.